The summed E-state index contributed by atoms with van der Waals surface area (Å²) in [6.07, 6.45) is 2.97. The first-order chi connectivity index (χ1) is 13.0. The van der Waals surface area contributed by atoms with Crippen LogP contribution in [0, 0.1) is 11.8 Å². The maximum absolute atomic E-state index is 12.6. The number of ether oxygens (including phenoxy) is 1. The summed E-state index contributed by atoms with van der Waals surface area (Å²) >= 11 is 0. The predicted octanol–water partition coefficient (Wildman–Crippen LogP) is 2.40. The Kier molecular flexibility index (Phi) is 6.32. The second kappa shape index (κ2) is 8.88. The summed E-state index contributed by atoms with van der Waals surface area (Å²) in [7, 11) is 0. The van der Waals surface area contributed by atoms with Gasteiger partial charge >= 0.3 is 12.1 Å². The maximum Gasteiger partial charge on any atom is 0.407 e. The zero-order chi connectivity index (χ0) is 19.2. The third-order valence-electron chi connectivity index (χ3n) is 5.46. The minimum absolute atomic E-state index is 0.0164. The van der Waals surface area contributed by atoms with E-state index in [4.69, 9.17) is 9.84 Å². The lowest BCUT2D eigenvalue weighted by Crippen LogP contribution is -2.42. The number of aliphatic carboxylic acids is 1. The van der Waals surface area contributed by atoms with E-state index in [0.717, 1.165) is 18.4 Å². The van der Waals surface area contributed by atoms with E-state index in [1.54, 1.807) is 4.90 Å². The van der Waals surface area contributed by atoms with Crippen molar-refractivity contribution in [3.8, 4) is 0 Å². The molecule has 146 valence electrons. The molecule has 1 heterocycles. The van der Waals surface area contributed by atoms with E-state index < -0.39 is 18.0 Å². The van der Waals surface area contributed by atoms with Crippen molar-refractivity contribution in [3.63, 3.8) is 0 Å². The molecule has 27 heavy (non-hydrogen) atoms. The van der Waals surface area contributed by atoms with E-state index in [1.807, 2.05) is 30.3 Å². The summed E-state index contributed by atoms with van der Waals surface area (Å²) in [6, 6.07) is 9.52. The van der Waals surface area contributed by atoms with Gasteiger partial charge in [0.1, 0.15) is 6.61 Å². The molecule has 1 aromatic rings. The van der Waals surface area contributed by atoms with Crippen LogP contribution in [0.4, 0.5) is 4.79 Å². The number of benzene rings is 1. The summed E-state index contributed by atoms with van der Waals surface area (Å²) in [5.41, 5.74) is 0.937. The number of carboxylic acids is 1. The number of nitrogens with zero attached hydrogens (tertiary/aromatic N) is 1. The molecule has 0 radical (unpaired) electrons. The van der Waals surface area contributed by atoms with Crippen molar-refractivity contribution >= 4 is 18.0 Å². The zero-order valence-corrected chi connectivity index (χ0v) is 15.3. The van der Waals surface area contributed by atoms with E-state index in [-0.39, 0.29) is 24.5 Å². The van der Waals surface area contributed by atoms with Crippen LogP contribution in [0.15, 0.2) is 30.3 Å². The zero-order valence-electron chi connectivity index (χ0n) is 15.3. The van der Waals surface area contributed by atoms with Crippen LogP contribution >= 0.6 is 0 Å². The fraction of sp³-hybridized carbons (Fsp3) is 0.550. The molecule has 1 saturated carbocycles. The Bertz CT molecular complexity index is 670. The fourth-order valence-electron chi connectivity index (χ4n) is 3.84. The summed E-state index contributed by atoms with van der Waals surface area (Å²) in [5.74, 6) is -1.28. The number of nitrogens with one attached hydrogen (secondary N) is 1. The van der Waals surface area contributed by atoms with Gasteiger partial charge in [-0.05, 0) is 37.7 Å². The molecule has 7 heteroatoms. The van der Waals surface area contributed by atoms with Gasteiger partial charge in [-0.25, -0.2) is 4.79 Å². The second-order valence-corrected chi connectivity index (χ2v) is 7.36. The number of alkyl carbamates (subject to hydrolysis) is 1. The molecule has 7 nitrogen and oxygen atoms in total. The number of likely N-dealkylation sites (tertiary alicyclic amines) is 1. The van der Waals surface area contributed by atoms with Gasteiger partial charge in [0.05, 0.1) is 5.92 Å². The SMILES string of the molecule is O=C(NC1CCC(C(=O)N2CCC(C(=O)O)C2)CC1)OCc1ccccc1. The number of amides is 2. The van der Waals surface area contributed by atoms with Gasteiger partial charge in [0.15, 0.2) is 0 Å². The van der Waals surface area contributed by atoms with Crippen LogP contribution in [0.1, 0.15) is 37.7 Å². The van der Waals surface area contributed by atoms with Gasteiger partial charge in [-0.2, -0.15) is 0 Å². The van der Waals surface area contributed by atoms with Gasteiger partial charge < -0.3 is 20.1 Å². The topological polar surface area (TPSA) is 95.9 Å². The van der Waals surface area contributed by atoms with Crippen molar-refractivity contribution < 1.29 is 24.2 Å². The van der Waals surface area contributed by atoms with Crippen LogP contribution in [-0.2, 0) is 20.9 Å². The van der Waals surface area contributed by atoms with Gasteiger partial charge in [-0.15, -0.1) is 0 Å². The molecule has 1 unspecified atom stereocenters. The third kappa shape index (κ3) is 5.21. The predicted molar refractivity (Wildman–Crippen MR) is 97.8 cm³/mol. The number of hydrogen-bond donors (Lipinski definition) is 2. The minimum Gasteiger partial charge on any atom is -0.481 e. The molecule has 2 aliphatic rings. The summed E-state index contributed by atoms with van der Waals surface area (Å²) < 4.78 is 5.24. The lowest BCUT2D eigenvalue weighted by atomic mass is 9.85. The number of hydrogen-bond acceptors (Lipinski definition) is 4. The molecular formula is C20H26N2O5. The molecule has 2 fully saturated rings. The second-order valence-electron chi connectivity index (χ2n) is 7.36. The van der Waals surface area contributed by atoms with Crippen molar-refractivity contribution in [2.45, 2.75) is 44.8 Å². The first-order valence-corrected chi connectivity index (χ1v) is 9.51. The number of carbonyl (C=O) groups excluding carboxylic acids is 2. The van der Waals surface area contributed by atoms with Crippen LogP contribution in [-0.4, -0.2) is 47.1 Å². The largest absolute Gasteiger partial charge is 0.481 e. The van der Waals surface area contributed by atoms with Crippen LogP contribution in [0.2, 0.25) is 0 Å². The van der Waals surface area contributed by atoms with Crippen molar-refractivity contribution in [2.24, 2.45) is 11.8 Å². The molecule has 1 aromatic carbocycles. The Morgan fingerprint density at radius 2 is 1.74 bits per heavy atom. The van der Waals surface area contributed by atoms with Crippen LogP contribution < -0.4 is 5.32 Å². The summed E-state index contributed by atoms with van der Waals surface area (Å²) in [4.78, 5) is 37.3. The Morgan fingerprint density at radius 1 is 1.04 bits per heavy atom. The van der Waals surface area contributed by atoms with Crippen molar-refractivity contribution in [1.29, 1.82) is 0 Å². The lowest BCUT2D eigenvalue weighted by molar-refractivity contribution is -0.141. The van der Waals surface area contributed by atoms with Crippen molar-refractivity contribution in [3.05, 3.63) is 35.9 Å². The van der Waals surface area contributed by atoms with E-state index in [0.29, 0.717) is 32.4 Å². The van der Waals surface area contributed by atoms with E-state index in [1.165, 1.54) is 0 Å². The highest BCUT2D eigenvalue weighted by Gasteiger charge is 2.35. The molecule has 0 spiro atoms. The molecule has 1 atom stereocenters. The highest BCUT2D eigenvalue weighted by molar-refractivity contribution is 5.81. The standard InChI is InChI=1S/C20H26N2O5/c23-18(22-11-10-16(12-22)19(24)25)15-6-8-17(9-7-15)21-20(26)27-13-14-4-2-1-3-5-14/h1-5,15-17H,6-13H2,(H,21,26)(H,24,25). The fourth-order valence-corrected chi connectivity index (χ4v) is 3.84. The lowest BCUT2D eigenvalue weighted by Gasteiger charge is -2.30. The Hall–Kier alpha value is -2.57. The van der Waals surface area contributed by atoms with Crippen molar-refractivity contribution in [1.82, 2.24) is 10.2 Å². The minimum atomic E-state index is -0.827. The van der Waals surface area contributed by atoms with E-state index >= 15 is 0 Å². The Morgan fingerprint density at radius 3 is 2.37 bits per heavy atom. The summed E-state index contributed by atoms with van der Waals surface area (Å²) in [5, 5.41) is 11.9. The van der Waals surface area contributed by atoms with Crippen LogP contribution in [0.25, 0.3) is 0 Å². The molecule has 0 bridgehead atoms. The number of rotatable bonds is 5. The number of carboxylic acid groups (broad SMARTS) is 1. The van der Waals surface area contributed by atoms with Gasteiger partial charge in [-0.1, -0.05) is 30.3 Å². The Labute approximate surface area is 158 Å². The quantitative estimate of drug-likeness (QED) is 0.825. The molecule has 2 N–H and O–H groups in total. The van der Waals surface area contributed by atoms with E-state index in [9.17, 15) is 14.4 Å². The number of carbonyl (C=O) groups is 3. The molecular weight excluding hydrogens is 348 g/mol. The van der Waals surface area contributed by atoms with Gasteiger partial charge in [-0.3, -0.25) is 9.59 Å². The highest BCUT2D eigenvalue weighted by atomic mass is 16.5. The van der Waals surface area contributed by atoms with Crippen LogP contribution in [0.5, 0.6) is 0 Å². The summed E-state index contributed by atoms with van der Waals surface area (Å²) in [6.45, 7) is 1.08. The maximum atomic E-state index is 12.6. The molecule has 1 saturated heterocycles. The molecule has 0 aromatic heterocycles. The average Bonchev–Trinajstić information content (AvgIpc) is 3.18. The molecule has 1 aliphatic heterocycles. The molecule has 1 aliphatic carbocycles. The smallest absolute Gasteiger partial charge is 0.407 e. The van der Waals surface area contributed by atoms with Crippen LogP contribution in [0.3, 0.4) is 0 Å². The Balaban J connectivity index is 1.38. The first-order valence-electron chi connectivity index (χ1n) is 9.51. The van der Waals surface area contributed by atoms with Gasteiger partial charge in [0.2, 0.25) is 5.91 Å². The van der Waals surface area contributed by atoms with Gasteiger partial charge in [0.25, 0.3) is 0 Å². The van der Waals surface area contributed by atoms with Crippen molar-refractivity contribution in [2.75, 3.05) is 13.1 Å². The normalized spacial score (nSPS) is 25.0. The average molecular weight is 374 g/mol. The molecule has 3 rings (SSSR count). The first kappa shape index (κ1) is 19.2. The van der Waals surface area contributed by atoms with Gasteiger partial charge in [0, 0.05) is 25.0 Å². The third-order valence-corrected chi connectivity index (χ3v) is 5.46. The monoisotopic (exact) mass is 374 g/mol. The molecule has 2 amide bonds. The highest BCUT2D eigenvalue weighted by Crippen LogP contribution is 2.28. The van der Waals surface area contributed by atoms with E-state index in [2.05, 4.69) is 5.32 Å².